The van der Waals surface area contributed by atoms with Crippen LogP contribution in [0.15, 0.2) is 77.8 Å². The van der Waals surface area contributed by atoms with Crippen molar-refractivity contribution in [2.24, 2.45) is 4.99 Å². The minimum Gasteiger partial charge on any atom is -0.494 e. The molecule has 4 rings (SSSR count). The monoisotopic (exact) mass is 498 g/mol. The van der Waals surface area contributed by atoms with Crippen molar-refractivity contribution >= 4 is 34.2 Å². The van der Waals surface area contributed by atoms with Crippen molar-refractivity contribution in [2.45, 2.75) is 39.7 Å². The van der Waals surface area contributed by atoms with Gasteiger partial charge in [0.05, 0.1) is 35.6 Å². The largest absolute Gasteiger partial charge is 0.494 e. The van der Waals surface area contributed by atoms with Gasteiger partial charge in [-0.2, -0.15) is 0 Å². The lowest BCUT2D eigenvalue weighted by Gasteiger charge is -2.19. The lowest BCUT2D eigenvalue weighted by atomic mass is 10.00. The van der Waals surface area contributed by atoms with Gasteiger partial charge in [0.15, 0.2) is 5.88 Å². The Morgan fingerprint density at radius 1 is 0.946 bits per heavy atom. The Morgan fingerprint density at radius 3 is 2.30 bits per heavy atom. The quantitative estimate of drug-likeness (QED) is 0.237. The summed E-state index contributed by atoms with van der Waals surface area (Å²) < 4.78 is 10.5. The number of ether oxygens (including phenoxy) is 2. The molecule has 7 heteroatoms. The molecule has 0 saturated carbocycles. The van der Waals surface area contributed by atoms with Crippen molar-refractivity contribution in [1.82, 2.24) is 4.98 Å². The number of aliphatic imine (C=N–C) groups is 1. The third-order valence-corrected chi connectivity index (χ3v) is 5.52. The summed E-state index contributed by atoms with van der Waals surface area (Å²) in [5.74, 6) is -0.775. The van der Waals surface area contributed by atoms with Gasteiger partial charge in [-0.05, 0) is 57.5 Å². The van der Waals surface area contributed by atoms with Crippen LogP contribution in [0.2, 0.25) is 0 Å². The fourth-order valence-electron chi connectivity index (χ4n) is 3.99. The first-order valence-corrected chi connectivity index (χ1v) is 12.1. The predicted octanol–water partition coefficient (Wildman–Crippen LogP) is 6.10. The number of esters is 2. The molecular weight excluding hydrogens is 468 g/mol. The maximum absolute atomic E-state index is 12.2. The number of carbonyl (C=O) groups excluding carboxylic acids is 2. The van der Waals surface area contributed by atoms with E-state index in [0.29, 0.717) is 28.0 Å². The molecule has 0 radical (unpaired) electrons. The number of nitrogens with zero attached hydrogens (tertiary/aromatic N) is 1. The third kappa shape index (κ3) is 6.25. The molecule has 0 aliphatic rings. The van der Waals surface area contributed by atoms with Gasteiger partial charge in [0.2, 0.25) is 0 Å². The Bertz CT molecular complexity index is 1450. The first-order chi connectivity index (χ1) is 17.6. The molecule has 0 amide bonds. The van der Waals surface area contributed by atoms with Crippen LogP contribution in [0.3, 0.4) is 0 Å². The van der Waals surface area contributed by atoms with Gasteiger partial charge in [0, 0.05) is 16.5 Å². The van der Waals surface area contributed by atoms with Crippen molar-refractivity contribution < 1.29 is 24.2 Å². The van der Waals surface area contributed by atoms with Crippen LogP contribution in [0.1, 0.15) is 54.7 Å². The van der Waals surface area contributed by atoms with Crippen molar-refractivity contribution in [2.75, 3.05) is 6.61 Å². The van der Waals surface area contributed by atoms with Crippen LogP contribution in [0.25, 0.3) is 10.9 Å². The summed E-state index contributed by atoms with van der Waals surface area (Å²) in [6.07, 6.45) is 0.166. The number of nitrogens with one attached hydrogen (secondary N) is 1. The highest BCUT2D eigenvalue weighted by molar-refractivity contribution is 6.22. The normalized spacial score (nSPS) is 11.9. The fraction of sp³-hybridized carbons (Fsp3) is 0.233. The highest BCUT2D eigenvalue weighted by atomic mass is 16.6. The van der Waals surface area contributed by atoms with Crippen LogP contribution in [0, 0.1) is 0 Å². The minimum atomic E-state index is -0.537. The van der Waals surface area contributed by atoms with Crippen LogP contribution < -0.4 is 0 Å². The van der Waals surface area contributed by atoms with Gasteiger partial charge in [0.1, 0.15) is 5.60 Å². The zero-order valence-corrected chi connectivity index (χ0v) is 21.4. The molecule has 1 aromatic heterocycles. The maximum atomic E-state index is 12.2. The number of aromatic amines is 1. The molecule has 0 fully saturated rings. The Balaban J connectivity index is 1.72. The Labute approximate surface area is 215 Å². The zero-order valence-electron chi connectivity index (χ0n) is 21.4. The molecule has 2 N–H and O–H groups in total. The molecule has 0 aliphatic heterocycles. The molecule has 0 unspecified atom stereocenters. The molecule has 0 saturated heterocycles. The van der Waals surface area contributed by atoms with Crippen molar-refractivity contribution in [1.29, 1.82) is 0 Å². The summed E-state index contributed by atoms with van der Waals surface area (Å²) in [5.41, 5.74) is 3.81. The lowest BCUT2D eigenvalue weighted by Crippen LogP contribution is -2.24. The highest BCUT2D eigenvalue weighted by Gasteiger charge is 2.20. The average molecular weight is 499 g/mol. The Morgan fingerprint density at radius 2 is 1.65 bits per heavy atom. The van der Waals surface area contributed by atoms with E-state index in [1.165, 1.54) is 0 Å². The van der Waals surface area contributed by atoms with Crippen LogP contribution in [0.4, 0.5) is 5.69 Å². The standard InChI is InChI=1S/C30H30N2O5/c1-5-36-29(35)21-13-16-23-24(18-21)32-28(34)26(23)27(20-9-7-6-8-10-20)31-22-14-11-19(12-15-22)17-25(33)37-30(2,3)4/h6-16,18,32,34H,5,17H2,1-4H3. The van der Waals surface area contributed by atoms with E-state index in [0.717, 1.165) is 16.5 Å². The van der Waals surface area contributed by atoms with Crippen molar-refractivity contribution in [3.63, 3.8) is 0 Å². The van der Waals surface area contributed by atoms with E-state index in [1.54, 1.807) is 25.1 Å². The second-order valence-corrected chi connectivity index (χ2v) is 9.59. The number of carbonyl (C=O) groups is 2. The Hall–Kier alpha value is -4.39. The molecule has 7 nitrogen and oxygen atoms in total. The van der Waals surface area contributed by atoms with E-state index in [2.05, 4.69) is 4.98 Å². The van der Waals surface area contributed by atoms with Crippen molar-refractivity contribution in [3.05, 3.63) is 95.1 Å². The summed E-state index contributed by atoms with van der Waals surface area (Å²) in [5, 5.41) is 11.6. The van der Waals surface area contributed by atoms with E-state index in [9.17, 15) is 14.7 Å². The number of H-pyrrole nitrogens is 1. The topological polar surface area (TPSA) is 101 Å². The molecule has 0 spiro atoms. The molecule has 1 heterocycles. The molecule has 0 bridgehead atoms. The van der Waals surface area contributed by atoms with Crippen LogP contribution >= 0.6 is 0 Å². The van der Waals surface area contributed by atoms with Gasteiger partial charge in [-0.15, -0.1) is 0 Å². The summed E-state index contributed by atoms with van der Waals surface area (Å²) in [7, 11) is 0. The number of aromatic nitrogens is 1. The van der Waals surface area contributed by atoms with Crippen molar-refractivity contribution in [3.8, 4) is 5.88 Å². The van der Waals surface area contributed by atoms with Crippen LogP contribution in [0.5, 0.6) is 5.88 Å². The minimum absolute atomic E-state index is 0.0554. The molecule has 4 aromatic rings. The second kappa shape index (κ2) is 10.7. The molecule has 0 aliphatic carbocycles. The number of benzene rings is 3. The average Bonchev–Trinajstić information content (AvgIpc) is 3.17. The van der Waals surface area contributed by atoms with E-state index < -0.39 is 11.6 Å². The highest BCUT2D eigenvalue weighted by Crippen LogP contribution is 2.32. The van der Waals surface area contributed by atoms with Gasteiger partial charge in [-0.25, -0.2) is 9.79 Å². The Kier molecular flexibility index (Phi) is 7.43. The predicted molar refractivity (Wildman–Crippen MR) is 144 cm³/mol. The number of rotatable bonds is 7. The third-order valence-electron chi connectivity index (χ3n) is 5.52. The molecule has 0 atom stereocenters. The van der Waals surface area contributed by atoms with E-state index in [1.807, 2.05) is 75.4 Å². The van der Waals surface area contributed by atoms with E-state index in [4.69, 9.17) is 14.5 Å². The number of fused-ring (bicyclic) bond motifs is 1. The lowest BCUT2D eigenvalue weighted by molar-refractivity contribution is -0.153. The number of hydrogen-bond acceptors (Lipinski definition) is 6. The van der Waals surface area contributed by atoms with Gasteiger partial charge < -0.3 is 19.6 Å². The zero-order chi connectivity index (χ0) is 26.6. The van der Waals surface area contributed by atoms with Crippen LogP contribution in [-0.2, 0) is 20.7 Å². The summed E-state index contributed by atoms with van der Waals surface area (Å²) >= 11 is 0. The van der Waals surface area contributed by atoms with Gasteiger partial charge in [-0.1, -0.05) is 48.5 Å². The summed E-state index contributed by atoms with van der Waals surface area (Å²) in [6, 6.07) is 22.0. The van der Waals surface area contributed by atoms with Gasteiger partial charge in [-0.3, -0.25) is 4.79 Å². The number of hydrogen-bond donors (Lipinski definition) is 2. The fourth-order valence-corrected chi connectivity index (χ4v) is 3.99. The smallest absolute Gasteiger partial charge is 0.338 e. The molecular formula is C30H30N2O5. The second-order valence-electron chi connectivity index (χ2n) is 9.59. The van der Waals surface area contributed by atoms with E-state index in [-0.39, 0.29) is 24.9 Å². The maximum Gasteiger partial charge on any atom is 0.338 e. The summed E-state index contributed by atoms with van der Waals surface area (Å²) in [4.78, 5) is 32.2. The van der Waals surface area contributed by atoms with Gasteiger partial charge >= 0.3 is 11.9 Å². The van der Waals surface area contributed by atoms with Gasteiger partial charge in [0.25, 0.3) is 0 Å². The molecule has 37 heavy (non-hydrogen) atoms. The molecule has 190 valence electrons. The SMILES string of the molecule is CCOC(=O)c1ccc2c(C(=Nc3ccc(CC(=O)OC(C)(C)C)cc3)c3ccccc3)c(O)[nH]c2c1. The van der Waals surface area contributed by atoms with Crippen LogP contribution in [-0.4, -0.2) is 39.9 Å². The van der Waals surface area contributed by atoms with E-state index >= 15 is 0 Å². The summed E-state index contributed by atoms with van der Waals surface area (Å²) in [6.45, 7) is 7.55. The number of aromatic hydroxyl groups is 1. The first kappa shape index (κ1) is 25.7. The molecule has 3 aromatic carbocycles. The first-order valence-electron chi connectivity index (χ1n) is 12.1.